The Balaban J connectivity index is 1.98. The van der Waals surface area contributed by atoms with E-state index in [4.69, 9.17) is 9.84 Å². The third kappa shape index (κ3) is 5.90. The summed E-state index contributed by atoms with van der Waals surface area (Å²) < 4.78 is 7.37. The van der Waals surface area contributed by atoms with Crippen molar-refractivity contribution in [2.24, 2.45) is 5.92 Å². The fourth-order valence-electron chi connectivity index (χ4n) is 4.25. The van der Waals surface area contributed by atoms with Crippen molar-refractivity contribution in [3.63, 3.8) is 0 Å². The quantitative estimate of drug-likeness (QED) is 0.566. The molecule has 0 saturated carbocycles. The minimum absolute atomic E-state index is 0.172. The molecule has 2 heterocycles. The van der Waals surface area contributed by atoms with Gasteiger partial charge in [-0.05, 0) is 31.5 Å². The normalized spacial score (nSPS) is 14.9. The van der Waals surface area contributed by atoms with Gasteiger partial charge in [-0.25, -0.2) is 4.68 Å². The van der Waals surface area contributed by atoms with E-state index >= 15 is 0 Å². The second-order valence-electron chi connectivity index (χ2n) is 8.96. The Hall–Kier alpha value is -2.38. The minimum Gasteiger partial charge on any atom is -0.383 e. The van der Waals surface area contributed by atoms with Crippen LogP contribution in [0.15, 0.2) is 30.3 Å². The Kier molecular flexibility index (Phi) is 8.70. The van der Waals surface area contributed by atoms with Crippen LogP contribution < -0.4 is 4.90 Å². The lowest BCUT2D eigenvalue weighted by molar-refractivity contribution is -0.133. The second kappa shape index (κ2) is 11.5. The van der Waals surface area contributed by atoms with Gasteiger partial charge in [0.15, 0.2) is 0 Å². The van der Waals surface area contributed by atoms with E-state index in [-0.39, 0.29) is 5.91 Å². The summed E-state index contributed by atoms with van der Waals surface area (Å²) in [5.41, 5.74) is 3.15. The molecule has 3 rings (SSSR count). The third-order valence-electron chi connectivity index (χ3n) is 6.13. The number of hydrogen-bond acceptors (Lipinski definition) is 5. The highest BCUT2D eigenvalue weighted by molar-refractivity contribution is 5.76. The summed E-state index contributed by atoms with van der Waals surface area (Å²) in [4.78, 5) is 19.9. The molecule has 0 spiro atoms. The number of para-hydroxylation sites is 1. The fourth-order valence-corrected chi connectivity index (χ4v) is 4.25. The van der Waals surface area contributed by atoms with E-state index in [2.05, 4.69) is 54.3 Å². The Morgan fingerprint density at radius 1 is 1.16 bits per heavy atom. The maximum atomic E-state index is 13.0. The smallest absolute Gasteiger partial charge is 0.223 e. The minimum atomic E-state index is 0.172. The van der Waals surface area contributed by atoms with E-state index in [0.717, 1.165) is 55.5 Å². The van der Waals surface area contributed by atoms with Crippen LogP contribution in [0.2, 0.25) is 0 Å². The standard InChI is InChI=1S/C25H39N5O2/c1-6-27-12-14-28(15-13-27)25-23(19-29(16-17-32-5)24(31)18-20(2)3)21(4)26-30(25)22-10-8-7-9-11-22/h7-11,20H,6,12-19H2,1-5H3. The summed E-state index contributed by atoms with van der Waals surface area (Å²) in [5, 5.41) is 4.94. The molecule has 0 unspecified atom stereocenters. The van der Waals surface area contributed by atoms with E-state index in [1.807, 2.05) is 23.1 Å². The number of anilines is 1. The number of likely N-dealkylation sites (N-methyl/N-ethyl adjacent to an activating group) is 1. The van der Waals surface area contributed by atoms with Gasteiger partial charge in [-0.15, -0.1) is 0 Å². The van der Waals surface area contributed by atoms with Gasteiger partial charge in [0.2, 0.25) is 5.91 Å². The summed E-state index contributed by atoms with van der Waals surface area (Å²) in [6.45, 7) is 15.2. The van der Waals surface area contributed by atoms with Crippen molar-refractivity contribution in [2.75, 3.05) is 57.9 Å². The van der Waals surface area contributed by atoms with Crippen LogP contribution in [0.3, 0.4) is 0 Å². The number of piperazine rings is 1. The van der Waals surface area contributed by atoms with Crippen molar-refractivity contribution in [1.82, 2.24) is 19.6 Å². The summed E-state index contributed by atoms with van der Waals surface area (Å²) >= 11 is 0. The number of hydrogen-bond donors (Lipinski definition) is 0. The van der Waals surface area contributed by atoms with Crippen LogP contribution in [-0.4, -0.2) is 78.5 Å². The van der Waals surface area contributed by atoms with Gasteiger partial charge in [-0.3, -0.25) is 4.79 Å². The first-order valence-electron chi connectivity index (χ1n) is 11.8. The number of aromatic nitrogens is 2. The largest absolute Gasteiger partial charge is 0.383 e. The molecule has 1 aliphatic heterocycles. The van der Waals surface area contributed by atoms with Crippen LogP contribution in [0.1, 0.15) is 38.4 Å². The molecular weight excluding hydrogens is 402 g/mol. The lowest BCUT2D eigenvalue weighted by Gasteiger charge is -2.36. The monoisotopic (exact) mass is 441 g/mol. The molecule has 1 amide bonds. The highest BCUT2D eigenvalue weighted by atomic mass is 16.5. The number of benzene rings is 1. The maximum absolute atomic E-state index is 13.0. The summed E-state index contributed by atoms with van der Waals surface area (Å²) in [5.74, 6) is 1.61. The molecule has 1 aromatic carbocycles. The van der Waals surface area contributed by atoms with Crippen LogP contribution in [0.4, 0.5) is 5.82 Å². The van der Waals surface area contributed by atoms with E-state index in [0.29, 0.717) is 32.0 Å². The van der Waals surface area contributed by atoms with E-state index in [1.165, 1.54) is 0 Å². The van der Waals surface area contributed by atoms with Crippen molar-refractivity contribution in [3.05, 3.63) is 41.6 Å². The van der Waals surface area contributed by atoms with E-state index < -0.39 is 0 Å². The number of rotatable bonds is 10. The van der Waals surface area contributed by atoms with Crippen LogP contribution >= 0.6 is 0 Å². The highest BCUT2D eigenvalue weighted by Gasteiger charge is 2.27. The first-order chi connectivity index (χ1) is 15.4. The second-order valence-corrected chi connectivity index (χ2v) is 8.96. The molecular formula is C25H39N5O2. The van der Waals surface area contributed by atoms with Gasteiger partial charge >= 0.3 is 0 Å². The van der Waals surface area contributed by atoms with Gasteiger partial charge in [0, 0.05) is 51.8 Å². The zero-order valence-corrected chi connectivity index (χ0v) is 20.4. The summed E-state index contributed by atoms with van der Waals surface area (Å²) in [7, 11) is 1.68. The Morgan fingerprint density at radius 3 is 2.44 bits per heavy atom. The van der Waals surface area contributed by atoms with Gasteiger partial charge in [0.1, 0.15) is 5.82 Å². The van der Waals surface area contributed by atoms with Crippen molar-refractivity contribution >= 4 is 11.7 Å². The molecule has 0 aliphatic carbocycles. The van der Waals surface area contributed by atoms with Gasteiger partial charge in [0.05, 0.1) is 24.5 Å². The van der Waals surface area contributed by atoms with Crippen molar-refractivity contribution in [3.8, 4) is 5.69 Å². The number of amides is 1. The lowest BCUT2D eigenvalue weighted by atomic mass is 10.1. The zero-order valence-electron chi connectivity index (χ0n) is 20.4. The topological polar surface area (TPSA) is 53.8 Å². The number of carbonyl (C=O) groups excluding carboxylic acids is 1. The van der Waals surface area contributed by atoms with Crippen molar-refractivity contribution < 1.29 is 9.53 Å². The fraction of sp³-hybridized carbons (Fsp3) is 0.600. The first-order valence-corrected chi connectivity index (χ1v) is 11.8. The molecule has 0 bridgehead atoms. The summed E-state index contributed by atoms with van der Waals surface area (Å²) in [6, 6.07) is 10.3. The van der Waals surface area contributed by atoms with Crippen LogP contribution in [-0.2, 0) is 16.1 Å². The molecule has 176 valence electrons. The molecule has 7 heteroatoms. The first kappa shape index (κ1) is 24.3. The molecule has 1 aliphatic rings. The molecule has 0 atom stereocenters. The Morgan fingerprint density at radius 2 is 1.84 bits per heavy atom. The maximum Gasteiger partial charge on any atom is 0.223 e. The molecule has 32 heavy (non-hydrogen) atoms. The average Bonchev–Trinajstić information content (AvgIpc) is 3.12. The Bertz CT molecular complexity index is 857. The van der Waals surface area contributed by atoms with Gasteiger partial charge in [0.25, 0.3) is 0 Å². The highest BCUT2D eigenvalue weighted by Crippen LogP contribution is 2.30. The predicted octanol–water partition coefficient (Wildman–Crippen LogP) is 3.34. The predicted molar refractivity (Wildman–Crippen MR) is 129 cm³/mol. The van der Waals surface area contributed by atoms with Gasteiger partial charge in [-0.1, -0.05) is 39.0 Å². The van der Waals surface area contributed by atoms with Gasteiger partial charge in [-0.2, -0.15) is 5.10 Å². The molecule has 1 fully saturated rings. The molecule has 1 aromatic heterocycles. The van der Waals surface area contributed by atoms with Crippen molar-refractivity contribution in [1.29, 1.82) is 0 Å². The van der Waals surface area contributed by atoms with E-state index in [9.17, 15) is 4.79 Å². The molecule has 0 radical (unpaired) electrons. The number of methoxy groups -OCH3 is 1. The number of carbonyl (C=O) groups is 1. The number of aryl methyl sites for hydroxylation is 1. The zero-order chi connectivity index (χ0) is 23.1. The molecule has 7 nitrogen and oxygen atoms in total. The van der Waals surface area contributed by atoms with Crippen LogP contribution in [0.25, 0.3) is 5.69 Å². The Labute approximate surface area is 192 Å². The SMILES string of the molecule is CCN1CCN(c2c(CN(CCOC)C(=O)CC(C)C)c(C)nn2-c2ccccc2)CC1. The van der Waals surface area contributed by atoms with Crippen LogP contribution in [0.5, 0.6) is 0 Å². The number of ether oxygens (including phenoxy) is 1. The number of nitrogens with zero attached hydrogens (tertiary/aromatic N) is 5. The van der Waals surface area contributed by atoms with E-state index in [1.54, 1.807) is 7.11 Å². The molecule has 2 aromatic rings. The molecule has 0 N–H and O–H groups in total. The summed E-state index contributed by atoms with van der Waals surface area (Å²) in [6.07, 6.45) is 0.542. The van der Waals surface area contributed by atoms with Crippen molar-refractivity contribution in [2.45, 2.75) is 40.7 Å². The average molecular weight is 442 g/mol. The third-order valence-corrected chi connectivity index (χ3v) is 6.13. The lowest BCUT2D eigenvalue weighted by Crippen LogP contribution is -2.47. The van der Waals surface area contributed by atoms with Gasteiger partial charge < -0.3 is 19.4 Å². The molecule has 1 saturated heterocycles. The van der Waals surface area contributed by atoms with Crippen LogP contribution in [0, 0.1) is 12.8 Å².